The van der Waals surface area contributed by atoms with Crippen molar-refractivity contribution in [3.05, 3.63) is 193 Å². The van der Waals surface area contributed by atoms with E-state index in [1.165, 1.54) is 11.1 Å². The van der Waals surface area contributed by atoms with Crippen molar-refractivity contribution in [1.82, 2.24) is 4.98 Å². The molecule has 7 aromatic carbocycles. The fraction of sp³-hybridized carbons (Fsp3) is 0.145. The smallest absolute Gasteiger partial charge is 0.151 e. The molecule has 0 aliphatic carbocycles. The Balaban J connectivity index is 1.20. The molecule has 0 bridgehead atoms. The number of benzene rings is 7. The molecule has 1 aliphatic rings. The molecular formula is C55H48N2O3. The number of fused-ring (bicyclic) bond motifs is 2. The van der Waals surface area contributed by atoms with E-state index in [2.05, 4.69) is 113 Å². The maximum absolute atomic E-state index is 6.45. The van der Waals surface area contributed by atoms with Crippen LogP contribution in [0.2, 0.25) is 0 Å². The summed E-state index contributed by atoms with van der Waals surface area (Å²) in [5, 5.41) is 0. The first kappa shape index (κ1) is 38.4. The molecule has 5 nitrogen and oxygen atoms in total. The van der Waals surface area contributed by atoms with Gasteiger partial charge >= 0.3 is 0 Å². The number of anilines is 3. The Bertz CT molecular complexity index is 2660. The number of rotatable bonds is 8. The second-order valence-electron chi connectivity index (χ2n) is 17.4. The molecule has 8 aromatic rings. The van der Waals surface area contributed by atoms with Crippen LogP contribution in [0, 0.1) is 0 Å². The molecule has 2 heterocycles. The zero-order valence-electron chi connectivity index (χ0n) is 34.9. The molecular weight excluding hydrogens is 737 g/mol. The average Bonchev–Trinajstić information content (AvgIpc) is 3.25. The number of para-hydroxylation sites is 6. The lowest BCUT2D eigenvalue weighted by atomic mass is 9.79. The minimum Gasteiger partial charge on any atom is -0.457 e. The number of hydrogen-bond acceptors (Lipinski definition) is 5. The van der Waals surface area contributed by atoms with E-state index in [1.807, 2.05) is 115 Å². The minimum absolute atomic E-state index is 0.0476. The van der Waals surface area contributed by atoms with Crippen LogP contribution in [0.15, 0.2) is 182 Å². The summed E-state index contributed by atoms with van der Waals surface area (Å²) < 4.78 is 19.2. The van der Waals surface area contributed by atoms with Gasteiger partial charge in [-0.05, 0) is 118 Å². The Morgan fingerprint density at radius 1 is 0.400 bits per heavy atom. The Labute approximate surface area is 353 Å². The summed E-state index contributed by atoms with van der Waals surface area (Å²) in [6.45, 7) is 13.7. The monoisotopic (exact) mass is 784 g/mol. The van der Waals surface area contributed by atoms with Crippen LogP contribution in [0.1, 0.15) is 52.7 Å². The van der Waals surface area contributed by atoms with Crippen molar-refractivity contribution in [2.24, 2.45) is 0 Å². The van der Waals surface area contributed by atoms with E-state index in [4.69, 9.17) is 19.2 Å². The molecule has 0 radical (unpaired) electrons. The van der Waals surface area contributed by atoms with Crippen molar-refractivity contribution < 1.29 is 14.2 Å². The molecule has 1 aromatic heterocycles. The van der Waals surface area contributed by atoms with Gasteiger partial charge in [-0.1, -0.05) is 133 Å². The Kier molecular flexibility index (Phi) is 9.97. The van der Waals surface area contributed by atoms with Gasteiger partial charge in [0, 0.05) is 22.9 Å². The van der Waals surface area contributed by atoms with Crippen molar-refractivity contribution >= 4 is 17.1 Å². The zero-order chi connectivity index (χ0) is 41.4. The van der Waals surface area contributed by atoms with Gasteiger partial charge in [0.15, 0.2) is 11.5 Å². The second kappa shape index (κ2) is 15.6. The molecule has 0 saturated heterocycles. The van der Waals surface area contributed by atoms with Gasteiger partial charge in [0.1, 0.15) is 23.0 Å². The van der Waals surface area contributed by atoms with Gasteiger partial charge in [-0.2, -0.15) is 0 Å². The Morgan fingerprint density at radius 2 is 0.850 bits per heavy atom. The summed E-state index contributed by atoms with van der Waals surface area (Å²) in [5.41, 5.74) is 11.2. The molecule has 0 N–H and O–H groups in total. The van der Waals surface area contributed by atoms with E-state index in [0.29, 0.717) is 11.5 Å². The van der Waals surface area contributed by atoms with E-state index in [9.17, 15) is 0 Å². The largest absolute Gasteiger partial charge is 0.457 e. The highest BCUT2D eigenvalue weighted by molar-refractivity contribution is 5.87. The van der Waals surface area contributed by atoms with Crippen molar-refractivity contribution in [2.75, 3.05) is 4.90 Å². The van der Waals surface area contributed by atoms with Crippen LogP contribution in [0.25, 0.3) is 33.6 Å². The third-order valence-corrected chi connectivity index (χ3v) is 10.8. The summed E-state index contributed by atoms with van der Waals surface area (Å²) in [4.78, 5) is 7.66. The molecule has 0 saturated carbocycles. The number of hydrogen-bond donors (Lipinski definition) is 0. The van der Waals surface area contributed by atoms with Gasteiger partial charge in [0.2, 0.25) is 0 Å². The Morgan fingerprint density at radius 3 is 1.35 bits per heavy atom. The number of nitrogens with zero attached hydrogens (tertiary/aromatic N) is 2. The van der Waals surface area contributed by atoms with Crippen LogP contribution in [0.3, 0.4) is 0 Å². The predicted octanol–water partition coefficient (Wildman–Crippen LogP) is 15.8. The first-order chi connectivity index (χ1) is 28.9. The number of aromatic nitrogens is 1. The number of pyridine rings is 1. The van der Waals surface area contributed by atoms with E-state index < -0.39 is 0 Å². The normalized spacial score (nSPS) is 12.3. The van der Waals surface area contributed by atoms with E-state index in [-0.39, 0.29) is 10.8 Å². The molecule has 1 aliphatic heterocycles. The van der Waals surface area contributed by atoms with Gasteiger partial charge in [-0.3, -0.25) is 0 Å². The maximum Gasteiger partial charge on any atom is 0.151 e. The lowest BCUT2D eigenvalue weighted by molar-refractivity contribution is 0.460. The van der Waals surface area contributed by atoms with Crippen molar-refractivity contribution in [3.63, 3.8) is 0 Å². The van der Waals surface area contributed by atoms with Gasteiger partial charge in [-0.15, -0.1) is 0 Å². The first-order valence-electron chi connectivity index (χ1n) is 20.5. The third-order valence-electron chi connectivity index (χ3n) is 10.8. The molecule has 0 spiro atoms. The van der Waals surface area contributed by atoms with Crippen LogP contribution < -0.4 is 19.1 Å². The third kappa shape index (κ3) is 8.12. The van der Waals surface area contributed by atoms with Crippen molar-refractivity contribution in [1.29, 1.82) is 0 Å². The second-order valence-corrected chi connectivity index (χ2v) is 17.4. The van der Waals surface area contributed by atoms with E-state index in [0.717, 1.165) is 73.7 Å². The van der Waals surface area contributed by atoms with Crippen LogP contribution >= 0.6 is 0 Å². The van der Waals surface area contributed by atoms with Gasteiger partial charge < -0.3 is 19.1 Å². The van der Waals surface area contributed by atoms with Crippen LogP contribution in [-0.4, -0.2) is 4.98 Å². The first-order valence-corrected chi connectivity index (χ1v) is 20.5. The summed E-state index contributed by atoms with van der Waals surface area (Å²) in [6.07, 6.45) is 0. The summed E-state index contributed by atoms with van der Waals surface area (Å²) in [5.74, 6) is 4.42. The Hall–Kier alpha value is -7.11. The van der Waals surface area contributed by atoms with Crippen LogP contribution in [0.5, 0.6) is 34.5 Å². The SMILES string of the molecule is CC(C)(C)c1cc(-c2cc(-c3ccc(N4c5ccccc5Oc5ccccc54)cc3)nc(-c3cc(Oc4ccccc4)cc(Oc4ccccc4)c3)c2)cc(C(C)(C)C)c1. The quantitative estimate of drug-likeness (QED) is 0.154. The predicted molar refractivity (Wildman–Crippen MR) is 246 cm³/mol. The zero-order valence-corrected chi connectivity index (χ0v) is 34.9. The molecule has 0 atom stereocenters. The highest BCUT2D eigenvalue weighted by Gasteiger charge is 2.26. The van der Waals surface area contributed by atoms with Gasteiger partial charge in [-0.25, -0.2) is 4.98 Å². The topological polar surface area (TPSA) is 43.8 Å². The summed E-state index contributed by atoms with van der Waals surface area (Å²) >= 11 is 0. The molecule has 60 heavy (non-hydrogen) atoms. The molecule has 296 valence electrons. The van der Waals surface area contributed by atoms with Gasteiger partial charge in [0.25, 0.3) is 0 Å². The van der Waals surface area contributed by atoms with Crippen molar-refractivity contribution in [2.45, 2.75) is 52.4 Å². The van der Waals surface area contributed by atoms with E-state index in [1.54, 1.807) is 0 Å². The number of ether oxygens (including phenoxy) is 3. The molecule has 9 rings (SSSR count). The molecule has 5 heteroatoms. The highest BCUT2D eigenvalue weighted by atomic mass is 16.5. The fourth-order valence-corrected chi connectivity index (χ4v) is 7.50. The minimum atomic E-state index is -0.0476. The molecule has 0 fully saturated rings. The lowest BCUT2D eigenvalue weighted by Gasteiger charge is -2.32. The summed E-state index contributed by atoms with van der Waals surface area (Å²) in [7, 11) is 0. The standard InChI is InChI=1S/C55H48N2O3/c1-54(2,3)41-29-38(30-42(35-41)55(4,5)6)39-33-48(37-25-27-43(28-26-37)57-50-21-13-15-23-52(50)60-53-24-16-14-22-51(53)57)56-49(34-39)40-31-46(58-44-17-9-7-10-18-44)36-47(32-40)59-45-19-11-8-12-20-45/h7-36H,1-6H3. The lowest BCUT2D eigenvalue weighted by Crippen LogP contribution is -2.16. The highest BCUT2D eigenvalue weighted by Crippen LogP contribution is 2.50. The van der Waals surface area contributed by atoms with E-state index >= 15 is 0 Å². The van der Waals surface area contributed by atoms with Crippen LogP contribution in [0.4, 0.5) is 17.1 Å². The fourth-order valence-electron chi connectivity index (χ4n) is 7.50. The van der Waals surface area contributed by atoms with Gasteiger partial charge in [0.05, 0.1) is 22.8 Å². The average molecular weight is 785 g/mol. The molecule has 0 amide bonds. The van der Waals surface area contributed by atoms with Crippen molar-refractivity contribution in [3.8, 4) is 68.1 Å². The van der Waals surface area contributed by atoms with Crippen LogP contribution in [-0.2, 0) is 10.8 Å². The maximum atomic E-state index is 6.45. The molecule has 0 unspecified atom stereocenters. The summed E-state index contributed by atoms with van der Waals surface area (Å²) in [6, 6.07) is 62.1.